The minimum Gasteiger partial charge on any atom is -0.444 e. The minimum absolute atomic E-state index is 0.185. The fourth-order valence-corrected chi connectivity index (χ4v) is 3.18. The number of hydrogen-bond donors (Lipinski definition) is 1. The first-order chi connectivity index (χ1) is 10.3. The van der Waals surface area contributed by atoms with Crippen molar-refractivity contribution >= 4 is 17.4 Å². The van der Waals surface area contributed by atoms with Gasteiger partial charge in [0.2, 0.25) is 0 Å². The van der Waals surface area contributed by atoms with E-state index in [9.17, 15) is 4.79 Å². The number of likely N-dealkylation sites (tertiary alicyclic amines) is 1. The summed E-state index contributed by atoms with van der Waals surface area (Å²) in [5.74, 6) is 0.611. The van der Waals surface area contributed by atoms with Crippen LogP contribution in [-0.4, -0.2) is 41.2 Å². The zero-order chi connectivity index (χ0) is 16.2. The quantitative estimate of drug-likeness (QED) is 0.921. The Kier molecular flexibility index (Phi) is 5.81. The Hall–Kier alpha value is -1.14. The van der Waals surface area contributed by atoms with Crippen molar-refractivity contribution in [3.05, 3.63) is 16.6 Å². The van der Waals surface area contributed by atoms with Crippen LogP contribution in [0.4, 0.5) is 4.79 Å². The predicted octanol–water partition coefficient (Wildman–Crippen LogP) is 3.44. The molecule has 0 radical (unpaired) electrons. The Morgan fingerprint density at radius 3 is 2.73 bits per heavy atom. The number of carbonyl (C=O) groups excluding carboxylic acids is 1. The van der Waals surface area contributed by atoms with Gasteiger partial charge in [0, 0.05) is 24.5 Å². The fourth-order valence-electron chi connectivity index (χ4n) is 2.53. The number of hydrogen-bond acceptors (Lipinski definition) is 5. The molecule has 124 valence electrons. The minimum atomic E-state index is -0.418. The first-order valence-electron chi connectivity index (χ1n) is 7.94. The van der Waals surface area contributed by atoms with Crippen LogP contribution < -0.4 is 5.32 Å². The van der Waals surface area contributed by atoms with Gasteiger partial charge in [-0.3, -0.25) is 0 Å². The molecule has 1 amide bonds. The summed E-state index contributed by atoms with van der Waals surface area (Å²) in [6.07, 6.45) is 1.86. The molecule has 2 heterocycles. The van der Waals surface area contributed by atoms with Gasteiger partial charge in [-0.2, -0.15) is 0 Å². The van der Waals surface area contributed by atoms with Crippen LogP contribution in [0.15, 0.2) is 10.9 Å². The van der Waals surface area contributed by atoms with E-state index in [2.05, 4.69) is 22.6 Å². The molecule has 2 rings (SSSR count). The van der Waals surface area contributed by atoms with Gasteiger partial charge in [-0.15, -0.1) is 11.3 Å². The molecule has 0 bridgehead atoms. The Labute approximate surface area is 137 Å². The van der Waals surface area contributed by atoms with E-state index in [0.29, 0.717) is 5.92 Å². The molecule has 0 spiro atoms. The average molecular weight is 325 g/mol. The van der Waals surface area contributed by atoms with Crippen LogP contribution in [0.3, 0.4) is 0 Å². The standard InChI is InChI=1S/C16H27N3O2S/c1-12(14-10-22-11-18-14)17-9-13-5-7-19(8-6-13)15(20)21-16(2,3)4/h10-13,17H,5-9H2,1-4H3. The molecule has 1 fully saturated rings. The van der Waals surface area contributed by atoms with Crippen molar-refractivity contribution in [3.8, 4) is 0 Å². The van der Waals surface area contributed by atoms with E-state index >= 15 is 0 Å². The number of aromatic nitrogens is 1. The second-order valence-corrected chi connectivity index (χ2v) is 7.67. The van der Waals surface area contributed by atoms with Gasteiger partial charge in [0.1, 0.15) is 5.60 Å². The van der Waals surface area contributed by atoms with Gasteiger partial charge in [0.05, 0.1) is 11.2 Å². The number of carbonyl (C=O) groups is 1. The van der Waals surface area contributed by atoms with Crippen LogP contribution in [0, 0.1) is 5.92 Å². The largest absolute Gasteiger partial charge is 0.444 e. The lowest BCUT2D eigenvalue weighted by molar-refractivity contribution is 0.0183. The summed E-state index contributed by atoms with van der Waals surface area (Å²) in [4.78, 5) is 18.2. The maximum absolute atomic E-state index is 12.0. The van der Waals surface area contributed by atoms with E-state index in [-0.39, 0.29) is 12.1 Å². The Morgan fingerprint density at radius 1 is 1.50 bits per heavy atom. The number of nitrogens with one attached hydrogen (secondary N) is 1. The van der Waals surface area contributed by atoms with Gasteiger partial charge >= 0.3 is 6.09 Å². The molecule has 1 unspecified atom stereocenters. The number of amides is 1. The predicted molar refractivity (Wildman–Crippen MR) is 89.1 cm³/mol. The normalized spacial score (nSPS) is 18.3. The van der Waals surface area contributed by atoms with E-state index in [1.807, 2.05) is 31.2 Å². The van der Waals surface area contributed by atoms with E-state index in [0.717, 1.165) is 38.2 Å². The molecule has 0 saturated carbocycles. The van der Waals surface area contributed by atoms with E-state index in [1.165, 1.54) is 0 Å². The van der Waals surface area contributed by atoms with Crippen molar-refractivity contribution < 1.29 is 9.53 Å². The van der Waals surface area contributed by atoms with Crippen LogP contribution in [-0.2, 0) is 4.74 Å². The molecule has 0 aliphatic carbocycles. The first-order valence-corrected chi connectivity index (χ1v) is 8.89. The highest BCUT2D eigenvalue weighted by molar-refractivity contribution is 7.07. The Bertz CT molecular complexity index is 462. The third-order valence-corrected chi connectivity index (χ3v) is 4.48. The van der Waals surface area contributed by atoms with Crippen molar-refractivity contribution in [2.45, 2.75) is 52.2 Å². The molecule has 1 aliphatic rings. The second kappa shape index (κ2) is 7.42. The van der Waals surface area contributed by atoms with Gasteiger partial charge in [-0.05, 0) is 53.0 Å². The lowest BCUT2D eigenvalue weighted by atomic mass is 9.96. The summed E-state index contributed by atoms with van der Waals surface area (Å²) in [6.45, 7) is 10.4. The summed E-state index contributed by atoms with van der Waals surface area (Å²) < 4.78 is 5.42. The molecular formula is C16H27N3O2S. The third kappa shape index (κ3) is 5.25. The zero-order valence-electron chi connectivity index (χ0n) is 14.0. The average Bonchev–Trinajstić information content (AvgIpc) is 2.97. The van der Waals surface area contributed by atoms with Crippen molar-refractivity contribution in [1.82, 2.24) is 15.2 Å². The van der Waals surface area contributed by atoms with Crippen molar-refractivity contribution in [3.63, 3.8) is 0 Å². The third-order valence-electron chi connectivity index (χ3n) is 3.87. The zero-order valence-corrected chi connectivity index (χ0v) is 14.8. The van der Waals surface area contributed by atoms with Gasteiger partial charge in [-0.1, -0.05) is 0 Å². The molecule has 0 aromatic carbocycles. The van der Waals surface area contributed by atoms with E-state index < -0.39 is 5.60 Å². The molecule has 22 heavy (non-hydrogen) atoms. The van der Waals surface area contributed by atoms with Crippen molar-refractivity contribution in [2.75, 3.05) is 19.6 Å². The van der Waals surface area contributed by atoms with Crippen LogP contribution >= 0.6 is 11.3 Å². The number of ether oxygens (including phenoxy) is 1. The van der Waals surface area contributed by atoms with Crippen LogP contribution in [0.5, 0.6) is 0 Å². The van der Waals surface area contributed by atoms with Crippen LogP contribution in [0.2, 0.25) is 0 Å². The molecule has 1 aromatic heterocycles. The maximum Gasteiger partial charge on any atom is 0.410 e. The molecule has 1 N–H and O–H groups in total. The molecular weight excluding hydrogens is 298 g/mol. The molecule has 1 aliphatic heterocycles. The Morgan fingerprint density at radius 2 is 2.18 bits per heavy atom. The number of nitrogens with zero attached hydrogens (tertiary/aromatic N) is 2. The first kappa shape index (κ1) is 17.2. The van der Waals surface area contributed by atoms with Gasteiger partial charge < -0.3 is 15.0 Å². The van der Waals surface area contributed by atoms with Gasteiger partial charge in [0.25, 0.3) is 0 Å². The molecule has 1 aromatic rings. The van der Waals surface area contributed by atoms with Crippen LogP contribution in [0.25, 0.3) is 0 Å². The van der Waals surface area contributed by atoms with E-state index in [1.54, 1.807) is 11.3 Å². The highest BCUT2D eigenvalue weighted by Crippen LogP contribution is 2.20. The van der Waals surface area contributed by atoms with Gasteiger partial charge in [0.15, 0.2) is 0 Å². The lowest BCUT2D eigenvalue weighted by Crippen LogP contribution is -2.43. The smallest absolute Gasteiger partial charge is 0.410 e. The van der Waals surface area contributed by atoms with Crippen molar-refractivity contribution in [1.29, 1.82) is 0 Å². The summed E-state index contributed by atoms with van der Waals surface area (Å²) in [5.41, 5.74) is 2.56. The van der Waals surface area contributed by atoms with Gasteiger partial charge in [-0.25, -0.2) is 9.78 Å². The lowest BCUT2D eigenvalue weighted by Gasteiger charge is -2.33. The number of thiazole rings is 1. The molecule has 6 heteroatoms. The maximum atomic E-state index is 12.0. The topological polar surface area (TPSA) is 54.5 Å². The van der Waals surface area contributed by atoms with Crippen LogP contribution in [0.1, 0.15) is 52.3 Å². The summed E-state index contributed by atoms with van der Waals surface area (Å²) in [6, 6.07) is 0.287. The number of piperidine rings is 1. The number of rotatable bonds is 4. The second-order valence-electron chi connectivity index (χ2n) is 6.95. The molecule has 1 saturated heterocycles. The molecule has 5 nitrogen and oxygen atoms in total. The fraction of sp³-hybridized carbons (Fsp3) is 0.750. The monoisotopic (exact) mass is 325 g/mol. The highest BCUT2D eigenvalue weighted by atomic mass is 32.1. The van der Waals surface area contributed by atoms with E-state index in [4.69, 9.17) is 4.74 Å². The highest BCUT2D eigenvalue weighted by Gasteiger charge is 2.26. The van der Waals surface area contributed by atoms with Crippen molar-refractivity contribution in [2.24, 2.45) is 5.92 Å². The molecule has 1 atom stereocenters. The summed E-state index contributed by atoms with van der Waals surface area (Å²) in [5, 5.41) is 5.63. The summed E-state index contributed by atoms with van der Waals surface area (Å²) in [7, 11) is 0. The SMILES string of the molecule is CC(NCC1CCN(C(=O)OC(C)(C)C)CC1)c1cscn1. The summed E-state index contributed by atoms with van der Waals surface area (Å²) >= 11 is 1.63. The Balaban J connectivity index is 1.70.